The minimum Gasteiger partial charge on any atom is -0.495 e. The number of methoxy groups -OCH3 is 1. The van der Waals surface area contributed by atoms with E-state index in [0.29, 0.717) is 17.8 Å². The van der Waals surface area contributed by atoms with Crippen LogP contribution in [-0.2, 0) is 11.3 Å². The zero-order chi connectivity index (χ0) is 29.7. The van der Waals surface area contributed by atoms with Gasteiger partial charge in [0.1, 0.15) is 11.1 Å². The summed E-state index contributed by atoms with van der Waals surface area (Å²) in [6.07, 6.45) is 6.36. The van der Waals surface area contributed by atoms with Gasteiger partial charge >= 0.3 is 0 Å². The predicted molar refractivity (Wildman–Crippen MR) is 160 cm³/mol. The first-order valence-electron chi connectivity index (χ1n) is 13.4. The predicted octanol–water partition coefficient (Wildman–Crippen LogP) is 3.82. The molecule has 0 aliphatic carbocycles. The number of carbonyl (C=O) groups excluding carboxylic acids is 1. The number of rotatable bonds is 11. The Morgan fingerprint density at radius 3 is 2.61 bits per heavy atom. The number of allylic oxidation sites excluding steroid dienone is 4. The number of hydrogen-bond donors (Lipinski definition) is 1. The van der Waals surface area contributed by atoms with E-state index in [9.17, 15) is 14.0 Å². The number of ether oxygens (including phenoxy) is 1. The van der Waals surface area contributed by atoms with Crippen LogP contribution in [0.4, 0.5) is 21.7 Å². The smallest absolute Gasteiger partial charge is 0.278 e. The maximum Gasteiger partial charge on any atom is 0.278 e. The van der Waals surface area contributed by atoms with E-state index in [-0.39, 0.29) is 40.8 Å². The zero-order valence-electron chi connectivity index (χ0n) is 24.2. The van der Waals surface area contributed by atoms with Crippen molar-refractivity contribution in [3.8, 4) is 5.75 Å². The largest absolute Gasteiger partial charge is 0.495 e. The third kappa shape index (κ3) is 6.49. The molecule has 0 bridgehead atoms. The first-order chi connectivity index (χ1) is 19.7. The summed E-state index contributed by atoms with van der Waals surface area (Å²) in [5, 5.41) is 3.43. The maximum atomic E-state index is 14.3. The van der Waals surface area contributed by atoms with Crippen LogP contribution in [0.1, 0.15) is 20.8 Å². The van der Waals surface area contributed by atoms with Gasteiger partial charge in [0.15, 0.2) is 5.65 Å². The molecule has 0 unspecified atom stereocenters. The molecule has 11 nitrogen and oxygen atoms in total. The highest BCUT2D eigenvalue weighted by Crippen LogP contribution is 2.33. The standard InChI is InChI=1S/C29H37FN8O3/c1-7-10-37-28(40)24-17-31-29(33-27(24)38(37)23(15-21(4)30)18-36(19-39)20(2)3)32-22-8-9-25(26(16-22)41-6)35-13-11-34(5)12-14-35/h7-9,15-20H,1,10-14H2,2-6H3,(H,31,32,33)/b21-15+,23-18+. The summed E-state index contributed by atoms with van der Waals surface area (Å²) in [4.78, 5) is 40.1. The van der Waals surface area contributed by atoms with Crippen molar-refractivity contribution < 1.29 is 13.9 Å². The normalized spacial score (nSPS) is 15.0. The molecule has 0 spiro atoms. The number of benzene rings is 1. The Kier molecular flexibility index (Phi) is 9.23. The lowest BCUT2D eigenvalue weighted by molar-refractivity contribution is -0.117. The van der Waals surface area contributed by atoms with Crippen LogP contribution in [0.15, 0.2) is 59.9 Å². The van der Waals surface area contributed by atoms with Crippen LogP contribution in [0.25, 0.3) is 16.7 Å². The van der Waals surface area contributed by atoms with Gasteiger partial charge in [0.25, 0.3) is 5.56 Å². The van der Waals surface area contributed by atoms with Gasteiger partial charge in [-0.15, -0.1) is 6.58 Å². The quantitative estimate of drug-likeness (QED) is 0.213. The fourth-order valence-corrected chi connectivity index (χ4v) is 4.64. The number of amides is 1. The number of hydrogen-bond acceptors (Lipinski definition) is 8. The van der Waals surface area contributed by atoms with Gasteiger partial charge < -0.3 is 24.8 Å². The minimum atomic E-state index is -0.509. The number of nitrogens with zero attached hydrogens (tertiary/aromatic N) is 7. The lowest BCUT2D eigenvalue weighted by Crippen LogP contribution is -2.44. The fourth-order valence-electron chi connectivity index (χ4n) is 4.64. The summed E-state index contributed by atoms with van der Waals surface area (Å²) in [5.41, 5.74) is 1.81. The lowest BCUT2D eigenvalue weighted by atomic mass is 10.2. The zero-order valence-corrected chi connectivity index (χ0v) is 24.2. The molecular weight excluding hydrogens is 527 g/mol. The monoisotopic (exact) mass is 564 g/mol. The first kappa shape index (κ1) is 29.5. The van der Waals surface area contributed by atoms with Crippen molar-refractivity contribution in [3.05, 3.63) is 65.5 Å². The highest BCUT2D eigenvalue weighted by atomic mass is 19.1. The van der Waals surface area contributed by atoms with Crippen LogP contribution in [0.5, 0.6) is 5.75 Å². The molecule has 1 amide bonds. The highest BCUT2D eigenvalue weighted by Gasteiger charge is 2.21. The highest BCUT2D eigenvalue weighted by molar-refractivity contribution is 5.81. The van der Waals surface area contributed by atoms with Crippen molar-refractivity contribution in [2.24, 2.45) is 0 Å². The van der Waals surface area contributed by atoms with Gasteiger partial charge in [0, 0.05) is 56.4 Å². The number of carbonyl (C=O) groups is 1. The molecule has 12 heteroatoms. The molecule has 1 fully saturated rings. The summed E-state index contributed by atoms with van der Waals surface area (Å²) >= 11 is 0. The van der Waals surface area contributed by atoms with Gasteiger partial charge in [-0.05, 0) is 46.0 Å². The fraction of sp³-hybridized carbons (Fsp3) is 0.379. The number of fused-ring (bicyclic) bond motifs is 1. The Morgan fingerprint density at radius 2 is 2.00 bits per heavy atom. The van der Waals surface area contributed by atoms with Crippen LogP contribution < -0.4 is 20.5 Å². The molecule has 0 saturated carbocycles. The molecule has 1 aromatic carbocycles. The van der Waals surface area contributed by atoms with Crippen molar-refractivity contribution in [1.29, 1.82) is 0 Å². The molecule has 3 aromatic rings. The Morgan fingerprint density at radius 1 is 1.27 bits per heavy atom. The van der Waals surface area contributed by atoms with Crippen molar-refractivity contribution in [3.63, 3.8) is 0 Å². The van der Waals surface area contributed by atoms with E-state index >= 15 is 0 Å². The number of piperazine rings is 1. The molecule has 1 aliphatic rings. The van der Waals surface area contributed by atoms with E-state index in [1.807, 2.05) is 32.0 Å². The number of aromatic nitrogens is 4. The van der Waals surface area contributed by atoms with E-state index in [4.69, 9.17) is 4.74 Å². The topological polar surface area (TPSA) is 101 Å². The molecule has 2 aromatic heterocycles. The van der Waals surface area contributed by atoms with Crippen LogP contribution in [-0.4, -0.2) is 81.9 Å². The number of likely N-dealkylation sites (N-methyl/N-ethyl adjacent to an activating group) is 1. The van der Waals surface area contributed by atoms with Crippen molar-refractivity contribution in [1.82, 2.24) is 29.1 Å². The van der Waals surface area contributed by atoms with E-state index in [1.165, 1.54) is 39.7 Å². The second kappa shape index (κ2) is 12.8. The van der Waals surface area contributed by atoms with Crippen LogP contribution in [0.2, 0.25) is 0 Å². The molecule has 0 radical (unpaired) electrons. The first-order valence-corrected chi connectivity index (χ1v) is 13.4. The van der Waals surface area contributed by atoms with Gasteiger partial charge in [0.2, 0.25) is 12.4 Å². The van der Waals surface area contributed by atoms with Crippen molar-refractivity contribution in [2.75, 3.05) is 50.6 Å². The molecule has 41 heavy (non-hydrogen) atoms. The van der Waals surface area contributed by atoms with E-state index in [0.717, 1.165) is 31.9 Å². The third-order valence-electron chi connectivity index (χ3n) is 6.85. The molecular formula is C29H37FN8O3. The van der Waals surface area contributed by atoms with Crippen LogP contribution in [0.3, 0.4) is 0 Å². The Balaban J connectivity index is 1.79. The average Bonchev–Trinajstić information content (AvgIpc) is 3.21. The molecule has 1 N–H and O–H groups in total. The average molecular weight is 565 g/mol. The Hall–Kier alpha value is -4.45. The van der Waals surface area contributed by atoms with E-state index in [1.54, 1.807) is 13.2 Å². The summed E-state index contributed by atoms with van der Waals surface area (Å²) in [6, 6.07) is 5.59. The number of nitrogens with one attached hydrogen (secondary N) is 1. The Labute approximate surface area is 238 Å². The van der Waals surface area contributed by atoms with Crippen LogP contribution >= 0.6 is 0 Å². The second-order valence-electron chi connectivity index (χ2n) is 10.2. The maximum absolute atomic E-state index is 14.3. The van der Waals surface area contributed by atoms with E-state index < -0.39 is 5.83 Å². The third-order valence-corrected chi connectivity index (χ3v) is 6.85. The SMILES string of the molecule is C=CCn1c(=O)c2cnc(Nc3ccc(N4CCN(C)CC4)c(OC)c3)nc2n1C(/C=C(\C)F)=C/N(C=O)C(C)C. The number of halogens is 1. The lowest BCUT2D eigenvalue weighted by Gasteiger charge is -2.34. The summed E-state index contributed by atoms with van der Waals surface area (Å²) in [7, 11) is 3.75. The number of anilines is 3. The molecule has 218 valence electrons. The molecule has 3 heterocycles. The Bertz CT molecular complexity index is 1530. The summed E-state index contributed by atoms with van der Waals surface area (Å²) in [5.74, 6) is 0.434. The van der Waals surface area contributed by atoms with Gasteiger partial charge in [0.05, 0.1) is 30.9 Å². The molecule has 4 rings (SSSR count). The van der Waals surface area contributed by atoms with Gasteiger partial charge in [-0.1, -0.05) is 6.08 Å². The second-order valence-corrected chi connectivity index (χ2v) is 10.2. The molecule has 1 saturated heterocycles. The van der Waals surface area contributed by atoms with Crippen molar-refractivity contribution >= 4 is 40.5 Å². The minimum absolute atomic E-state index is 0.127. The van der Waals surface area contributed by atoms with Gasteiger partial charge in [-0.3, -0.25) is 9.59 Å². The van der Waals surface area contributed by atoms with Crippen LogP contribution in [0, 0.1) is 0 Å². The molecule has 0 atom stereocenters. The van der Waals surface area contributed by atoms with Gasteiger partial charge in [-0.25, -0.2) is 18.7 Å². The summed E-state index contributed by atoms with van der Waals surface area (Å²) < 4.78 is 22.8. The van der Waals surface area contributed by atoms with Crippen molar-refractivity contribution in [2.45, 2.75) is 33.4 Å². The van der Waals surface area contributed by atoms with Gasteiger partial charge in [-0.2, -0.15) is 4.98 Å². The molecule has 1 aliphatic heterocycles. The van der Waals surface area contributed by atoms with E-state index in [2.05, 4.69) is 38.7 Å². The summed E-state index contributed by atoms with van der Waals surface area (Å²) in [6.45, 7) is 12.6.